The molecule has 0 fully saturated rings. The summed E-state index contributed by atoms with van der Waals surface area (Å²) in [6.45, 7) is 3.50. The molecule has 11 nitrogen and oxygen atoms in total. The predicted molar refractivity (Wildman–Crippen MR) is 147 cm³/mol. The third kappa shape index (κ3) is 4.85. The van der Waals surface area contributed by atoms with Crippen LogP contribution in [0.25, 0.3) is 22.9 Å². The Kier molecular flexibility index (Phi) is 6.40. The number of nitrogens with one attached hydrogen (secondary N) is 2. The van der Waals surface area contributed by atoms with E-state index in [4.69, 9.17) is 14.1 Å². The summed E-state index contributed by atoms with van der Waals surface area (Å²) in [7, 11) is 0. The highest BCUT2D eigenvalue weighted by Gasteiger charge is 2.37. The van der Waals surface area contributed by atoms with E-state index < -0.39 is 11.6 Å². The van der Waals surface area contributed by atoms with Crippen LogP contribution in [0.1, 0.15) is 41.4 Å². The first kappa shape index (κ1) is 25.1. The maximum absolute atomic E-state index is 12.2. The minimum atomic E-state index is -0.741. The number of cyclic esters (lactones) is 1. The molecule has 1 aliphatic rings. The fourth-order valence-electron chi connectivity index (χ4n) is 4.50. The largest absolute Gasteiger partial charge is 0.451 e. The smallest absolute Gasteiger partial charge is 0.339 e. The van der Waals surface area contributed by atoms with Gasteiger partial charge in [0, 0.05) is 29.8 Å². The molecule has 3 aromatic heterocycles. The van der Waals surface area contributed by atoms with Crippen molar-refractivity contribution in [2.45, 2.75) is 25.5 Å². The summed E-state index contributed by atoms with van der Waals surface area (Å²) in [5.41, 5.74) is 3.25. The molecule has 5 aromatic rings. The van der Waals surface area contributed by atoms with E-state index in [9.17, 15) is 9.90 Å². The number of aliphatic hydroxyl groups excluding tert-OH is 1. The third-order valence-electron chi connectivity index (χ3n) is 6.54. The zero-order valence-corrected chi connectivity index (χ0v) is 21.7. The number of esters is 1. The molecule has 40 heavy (non-hydrogen) atoms. The molecule has 0 saturated carbocycles. The highest BCUT2D eigenvalue weighted by molar-refractivity contribution is 5.95. The molecule has 0 amide bonds. The Morgan fingerprint density at radius 1 is 0.975 bits per heavy atom. The standard InChI is InChI=1S/C29H25N7O4/c1-29(2)22-13-19(10-11-20(22)27(38)40-29)32-28-31-15-21(26-36-35-25(39-26)18-9-6-12-30-14-18)24(34-28)33-23(16-37)17-7-4-3-5-8-17/h3-15,23,37H,16H2,1-2H3,(H2,31,32,33,34). The van der Waals surface area contributed by atoms with Crippen LogP contribution in [0, 0.1) is 0 Å². The quantitative estimate of drug-likeness (QED) is 0.233. The Bertz CT molecular complexity index is 1670. The molecule has 1 unspecified atom stereocenters. The number of hydrogen-bond acceptors (Lipinski definition) is 11. The van der Waals surface area contributed by atoms with Gasteiger partial charge in [0.25, 0.3) is 5.89 Å². The number of hydrogen-bond donors (Lipinski definition) is 3. The molecule has 4 heterocycles. The second kappa shape index (κ2) is 10.2. The van der Waals surface area contributed by atoms with Crippen LogP contribution in [0.2, 0.25) is 0 Å². The number of fused-ring (bicyclic) bond motifs is 1. The van der Waals surface area contributed by atoms with Crippen LogP contribution in [0.15, 0.2) is 83.7 Å². The molecule has 6 rings (SSSR count). The number of pyridine rings is 1. The minimum absolute atomic E-state index is 0.186. The van der Waals surface area contributed by atoms with E-state index in [-0.39, 0.29) is 24.4 Å². The molecule has 2 aromatic carbocycles. The van der Waals surface area contributed by atoms with E-state index in [1.165, 1.54) is 0 Å². The Morgan fingerprint density at radius 2 is 1.80 bits per heavy atom. The van der Waals surface area contributed by atoms with E-state index >= 15 is 0 Å². The first-order valence-corrected chi connectivity index (χ1v) is 12.6. The molecule has 11 heteroatoms. The molecule has 0 bridgehead atoms. The van der Waals surface area contributed by atoms with Gasteiger partial charge in [-0.3, -0.25) is 4.98 Å². The maximum Gasteiger partial charge on any atom is 0.339 e. The predicted octanol–water partition coefficient (Wildman–Crippen LogP) is 4.88. The van der Waals surface area contributed by atoms with Gasteiger partial charge in [0.15, 0.2) is 0 Å². The van der Waals surface area contributed by atoms with Crippen LogP contribution >= 0.6 is 0 Å². The lowest BCUT2D eigenvalue weighted by Crippen LogP contribution is -2.17. The maximum atomic E-state index is 12.2. The van der Waals surface area contributed by atoms with Gasteiger partial charge in [0.2, 0.25) is 11.8 Å². The number of nitrogens with zero attached hydrogens (tertiary/aromatic N) is 5. The molecule has 200 valence electrons. The van der Waals surface area contributed by atoms with Gasteiger partial charge < -0.3 is 24.9 Å². The Morgan fingerprint density at radius 3 is 2.58 bits per heavy atom. The topological polar surface area (TPSA) is 148 Å². The minimum Gasteiger partial charge on any atom is -0.451 e. The molecule has 0 radical (unpaired) electrons. The molecular formula is C29H25N7O4. The van der Waals surface area contributed by atoms with Crippen molar-refractivity contribution in [3.05, 3.63) is 95.9 Å². The van der Waals surface area contributed by atoms with Crippen molar-refractivity contribution in [3.8, 4) is 22.9 Å². The van der Waals surface area contributed by atoms with Gasteiger partial charge in [-0.1, -0.05) is 30.3 Å². The van der Waals surface area contributed by atoms with Crippen LogP contribution in [0.3, 0.4) is 0 Å². The summed E-state index contributed by atoms with van der Waals surface area (Å²) in [4.78, 5) is 25.5. The molecule has 3 N–H and O–H groups in total. The summed E-state index contributed by atoms with van der Waals surface area (Å²) in [6, 6.07) is 18.0. The van der Waals surface area contributed by atoms with Crippen molar-refractivity contribution in [2.75, 3.05) is 17.2 Å². The van der Waals surface area contributed by atoms with Gasteiger partial charge in [-0.25, -0.2) is 9.78 Å². The number of carbonyl (C=O) groups excluding carboxylic acids is 1. The van der Waals surface area contributed by atoms with Gasteiger partial charge in [-0.15, -0.1) is 10.2 Å². The molecule has 0 aliphatic carbocycles. The van der Waals surface area contributed by atoms with Crippen molar-refractivity contribution in [3.63, 3.8) is 0 Å². The van der Waals surface area contributed by atoms with E-state index in [0.29, 0.717) is 34.1 Å². The second-order valence-corrected chi connectivity index (χ2v) is 9.69. The molecular weight excluding hydrogens is 510 g/mol. The van der Waals surface area contributed by atoms with Gasteiger partial charge in [0.05, 0.1) is 29.3 Å². The van der Waals surface area contributed by atoms with Crippen molar-refractivity contribution in [1.29, 1.82) is 0 Å². The Labute approximate surface area is 229 Å². The Balaban J connectivity index is 1.36. The number of aromatic nitrogens is 5. The molecule has 1 atom stereocenters. The highest BCUT2D eigenvalue weighted by Crippen LogP contribution is 2.38. The van der Waals surface area contributed by atoms with E-state index in [1.807, 2.05) is 56.3 Å². The van der Waals surface area contributed by atoms with Gasteiger partial charge in [-0.2, -0.15) is 4.98 Å². The summed E-state index contributed by atoms with van der Waals surface area (Å²) < 4.78 is 11.4. The summed E-state index contributed by atoms with van der Waals surface area (Å²) in [5, 5.41) is 25.1. The van der Waals surface area contributed by atoms with Crippen molar-refractivity contribution >= 4 is 23.4 Å². The van der Waals surface area contributed by atoms with Crippen molar-refractivity contribution in [2.24, 2.45) is 0 Å². The van der Waals surface area contributed by atoms with Gasteiger partial charge in [-0.05, 0) is 49.7 Å². The van der Waals surface area contributed by atoms with E-state index in [1.54, 1.807) is 36.8 Å². The highest BCUT2D eigenvalue weighted by atomic mass is 16.6. The van der Waals surface area contributed by atoms with Crippen LogP contribution in [-0.2, 0) is 10.3 Å². The average Bonchev–Trinajstić information content (AvgIpc) is 3.55. The number of rotatable bonds is 8. The van der Waals surface area contributed by atoms with E-state index in [0.717, 1.165) is 11.1 Å². The van der Waals surface area contributed by atoms with Crippen LogP contribution < -0.4 is 10.6 Å². The normalized spacial score (nSPS) is 14.3. The van der Waals surface area contributed by atoms with Crippen molar-refractivity contribution < 1.29 is 19.1 Å². The monoisotopic (exact) mass is 535 g/mol. The zero-order valence-electron chi connectivity index (χ0n) is 21.7. The SMILES string of the molecule is CC1(C)OC(=O)c2ccc(Nc3ncc(-c4nnc(-c5cccnc5)o4)c(NC(CO)c4ccccc4)n3)cc21. The third-order valence-corrected chi connectivity index (χ3v) is 6.54. The first-order valence-electron chi connectivity index (χ1n) is 12.6. The lowest BCUT2D eigenvalue weighted by atomic mass is 9.95. The number of anilines is 3. The first-order chi connectivity index (χ1) is 19.4. The summed E-state index contributed by atoms with van der Waals surface area (Å²) in [6.07, 6.45) is 4.86. The fraction of sp³-hybridized carbons (Fsp3) is 0.172. The summed E-state index contributed by atoms with van der Waals surface area (Å²) >= 11 is 0. The number of aliphatic hydroxyl groups is 1. The summed E-state index contributed by atoms with van der Waals surface area (Å²) in [5.74, 6) is 0.815. The zero-order chi connectivity index (χ0) is 27.7. The van der Waals surface area contributed by atoms with Crippen molar-refractivity contribution in [1.82, 2.24) is 25.1 Å². The van der Waals surface area contributed by atoms with Gasteiger partial charge in [0.1, 0.15) is 11.4 Å². The molecule has 1 aliphatic heterocycles. The molecule has 0 saturated heterocycles. The van der Waals surface area contributed by atoms with Crippen LogP contribution in [0.5, 0.6) is 0 Å². The van der Waals surface area contributed by atoms with Crippen LogP contribution in [-0.4, -0.2) is 42.8 Å². The lowest BCUT2D eigenvalue weighted by molar-refractivity contribution is 0.00954. The van der Waals surface area contributed by atoms with Crippen LogP contribution in [0.4, 0.5) is 17.5 Å². The Hall–Kier alpha value is -5.16. The average molecular weight is 536 g/mol. The lowest BCUT2D eigenvalue weighted by Gasteiger charge is -2.20. The number of carbonyl (C=O) groups is 1. The van der Waals surface area contributed by atoms with E-state index in [2.05, 4.69) is 30.8 Å². The number of ether oxygens (including phenoxy) is 1. The number of benzene rings is 2. The fourth-order valence-corrected chi connectivity index (χ4v) is 4.50. The molecule has 0 spiro atoms. The second-order valence-electron chi connectivity index (χ2n) is 9.69. The van der Waals surface area contributed by atoms with Gasteiger partial charge >= 0.3 is 5.97 Å².